The van der Waals surface area contributed by atoms with Gasteiger partial charge in [-0.1, -0.05) is 166 Å². The fourth-order valence-corrected chi connectivity index (χ4v) is 9.35. The second-order valence-corrected chi connectivity index (χ2v) is 14.7. The zero-order valence-electron chi connectivity index (χ0n) is 29.7. The maximum Gasteiger partial charge on any atom is 0.113 e. The Morgan fingerprint density at radius 3 is 1.94 bits per heavy atom. The van der Waals surface area contributed by atoms with Crippen LogP contribution in [0.15, 0.2) is 175 Å². The molecule has 0 saturated heterocycles. The van der Waals surface area contributed by atoms with Crippen molar-refractivity contribution < 1.29 is 0 Å². The van der Waals surface area contributed by atoms with Crippen molar-refractivity contribution >= 4 is 33.1 Å². The lowest BCUT2D eigenvalue weighted by atomic mass is 9.65. The first kappa shape index (κ1) is 31.4. The molecule has 3 atom stereocenters. The Morgan fingerprint density at radius 2 is 1.29 bits per heavy atom. The maximum atomic E-state index is 4.09. The fraction of sp³-hybridized carbons (Fsp3) is 0.184. The molecule has 1 aromatic heterocycles. The van der Waals surface area contributed by atoms with Gasteiger partial charge in [-0.25, -0.2) is 0 Å². The number of rotatable bonds is 8. The van der Waals surface area contributed by atoms with Crippen LogP contribution in [0.4, 0.5) is 5.69 Å². The van der Waals surface area contributed by atoms with Crippen LogP contribution in [0, 0.1) is 5.92 Å². The van der Waals surface area contributed by atoms with Gasteiger partial charge in [0.05, 0.1) is 16.4 Å². The largest absolute Gasteiger partial charge is 0.364 e. The summed E-state index contributed by atoms with van der Waals surface area (Å²) < 4.78 is 2.62. The molecule has 6 aromatic carbocycles. The highest BCUT2D eigenvalue weighted by Crippen LogP contribution is 2.60. The van der Waals surface area contributed by atoms with Gasteiger partial charge in [0.15, 0.2) is 0 Å². The van der Waals surface area contributed by atoms with E-state index in [1.807, 2.05) is 0 Å². The number of allylic oxidation sites excluding steroid dienone is 4. The predicted octanol–water partition coefficient (Wildman–Crippen LogP) is 12.5. The van der Waals surface area contributed by atoms with Crippen LogP contribution < -0.4 is 5.32 Å². The van der Waals surface area contributed by atoms with Crippen molar-refractivity contribution in [1.82, 2.24) is 4.57 Å². The summed E-state index contributed by atoms with van der Waals surface area (Å²) in [5.41, 5.74) is 12.7. The van der Waals surface area contributed by atoms with Crippen molar-refractivity contribution in [2.24, 2.45) is 5.92 Å². The van der Waals surface area contributed by atoms with Gasteiger partial charge in [0.25, 0.3) is 0 Å². The van der Waals surface area contributed by atoms with Crippen molar-refractivity contribution in [1.29, 1.82) is 0 Å². The first-order valence-corrected chi connectivity index (χ1v) is 18.5. The highest BCUT2D eigenvalue weighted by molar-refractivity contribution is 6.16. The van der Waals surface area contributed by atoms with E-state index in [-0.39, 0.29) is 17.0 Å². The van der Waals surface area contributed by atoms with E-state index < -0.39 is 0 Å². The van der Waals surface area contributed by atoms with Crippen LogP contribution in [0.25, 0.3) is 27.4 Å². The normalized spacial score (nSPS) is 18.0. The quantitative estimate of drug-likeness (QED) is 0.172. The molecule has 7 aromatic rings. The number of anilines is 1. The second kappa shape index (κ2) is 12.3. The average Bonchev–Trinajstić information content (AvgIpc) is 3.68. The molecule has 0 aliphatic heterocycles. The van der Waals surface area contributed by atoms with E-state index in [2.05, 4.69) is 201 Å². The molecule has 9 rings (SSSR count). The van der Waals surface area contributed by atoms with Gasteiger partial charge < -0.3 is 9.88 Å². The van der Waals surface area contributed by atoms with Gasteiger partial charge in [-0.15, -0.1) is 0 Å². The Kier molecular flexibility index (Phi) is 7.58. The molecular weight excluding hydrogens is 617 g/mol. The Labute approximate surface area is 301 Å². The van der Waals surface area contributed by atoms with Crippen LogP contribution in [0.5, 0.6) is 0 Å². The molecule has 0 spiro atoms. The molecule has 0 radical (unpaired) electrons. The Balaban J connectivity index is 1.40. The minimum absolute atomic E-state index is 0.0717. The molecule has 2 nitrogen and oxygen atoms in total. The van der Waals surface area contributed by atoms with Gasteiger partial charge in [-0.05, 0) is 82.0 Å². The molecule has 250 valence electrons. The van der Waals surface area contributed by atoms with E-state index in [1.165, 1.54) is 60.8 Å². The number of hydrogen-bond acceptors (Lipinski definition) is 1. The summed E-state index contributed by atoms with van der Waals surface area (Å²) in [6.45, 7) is 7.12. The van der Waals surface area contributed by atoms with Gasteiger partial charge in [0.2, 0.25) is 0 Å². The third kappa shape index (κ3) is 4.69. The van der Waals surface area contributed by atoms with Gasteiger partial charge >= 0.3 is 0 Å². The first-order valence-electron chi connectivity index (χ1n) is 18.5. The van der Waals surface area contributed by atoms with Gasteiger partial charge in [-0.3, -0.25) is 0 Å². The number of benzene rings is 6. The lowest BCUT2D eigenvalue weighted by molar-refractivity contribution is 0.322. The second-order valence-electron chi connectivity index (χ2n) is 14.7. The number of fused-ring (bicyclic) bond motifs is 6. The smallest absolute Gasteiger partial charge is 0.113 e. The maximum absolute atomic E-state index is 4.09. The van der Waals surface area contributed by atoms with Gasteiger partial charge in [0.1, 0.15) is 6.17 Å². The molecule has 2 aliphatic carbocycles. The molecule has 1 N–H and O–H groups in total. The van der Waals surface area contributed by atoms with E-state index in [9.17, 15) is 0 Å². The van der Waals surface area contributed by atoms with Crippen LogP contribution in [0.1, 0.15) is 67.6 Å². The average molecular weight is 661 g/mol. The zero-order valence-corrected chi connectivity index (χ0v) is 29.7. The van der Waals surface area contributed by atoms with Crippen molar-refractivity contribution in [3.63, 3.8) is 0 Å². The highest BCUT2D eigenvalue weighted by atomic mass is 15.2. The molecular formula is C49H44N2. The highest BCUT2D eigenvalue weighted by Gasteiger charge is 2.49. The lowest BCUT2D eigenvalue weighted by Crippen LogP contribution is -2.38. The topological polar surface area (TPSA) is 17.0 Å². The summed E-state index contributed by atoms with van der Waals surface area (Å²) >= 11 is 0. The molecule has 2 aliphatic rings. The number of para-hydroxylation sites is 2. The van der Waals surface area contributed by atoms with Gasteiger partial charge in [0, 0.05) is 21.9 Å². The van der Waals surface area contributed by atoms with E-state index in [0.717, 1.165) is 18.5 Å². The molecule has 0 amide bonds. The molecule has 1 heterocycles. The van der Waals surface area contributed by atoms with E-state index in [0.29, 0.717) is 5.92 Å². The van der Waals surface area contributed by atoms with E-state index in [4.69, 9.17) is 0 Å². The summed E-state index contributed by atoms with van der Waals surface area (Å²) in [6.07, 6.45) is 6.78. The third-order valence-electron chi connectivity index (χ3n) is 12.0. The van der Waals surface area contributed by atoms with Crippen LogP contribution in [-0.4, -0.2) is 4.57 Å². The zero-order chi connectivity index (χ0) is 34.6. The number of nitrogens with one attached hydrogen (secondary N) is 1. The molecule has 51 heavy (non-hydrogen) atoms. The van der Waals surface area contributed by atoms with Gasteiger partial charge in [-0.2, -0.15) is 0 Å². The minimum Gasteiger partial charge on any atom is -0.364 e. The van der Waals surface area contributed by atoms with Crippen molar-refractivity contribution in [2.45, 2.75) is 50.6 Å². The molecule has 0 bridgehead atoms. The molecule has 2 unspecified atom stereocenters. The summed E-state index contributed by atoms with van der Waals surface area (Å²) in [4.78, 5) is 0. The summed E-state index contributed by atoms with van der Waals surface area (Å²) in [6, 6.07) is 58.3. The summed E-state index contributed by atoms with van der Waals surface area (Å²) in [7, 11) is 0. The lowest BCUT2D eigenvalue weighted by Gasteiger charge is -2.40. The van der Waals surface area contributed by atoms with Crippen molar-refractivity contribution in [3.05, 3.63) is 203 Å². The van der Waals surface area contributed by atoms with Crippen molar-refractivity contribution in [3.8, 4) is 0 Å². The van der Waals surface area contributed by atoms with Crippen LogP contribution >= 0.6 is 0 Å². The number of hydrogen-bond donors (Lipinski definition) is 1. The first-order chi connectivity index (χ1) is 25.1. The molecule has 0 saturated carbocycles. The summed E-state index contributed by atoms with van der Waals surface area (Å²) in [5, 5.41) is 6.73. The third-order valence-corrected chi connectivity index (χ3v) is 12.0. The Morgan fingerprint density at radius 1 is 0.706 bits per heavy atom. The minimum atomic E-state index is -0.382. The standard InChI is InChI=1S/C49H44N2/c1-4-48(3,35-19-9-5-10-20-35)47(50-38-25-15-8-16-26-38)51-43-28-18-17-27-40(43)46-44(51)32-31-41-45(46)39-30-29-34(2)33-42(39)49(41,36-21-11-6-12-22-36)37-23-13-7-14-24-37/h5-32,34,47,50H,4,33H2,1-3H3/t34?,47?,48-/m0/s1. The number of nitrogens with zero attached hydrogens (tertiary/aromatic N) is 1. The Hall–Kier alpha value is -5.60. The molecule has 2 heteroatoms. The Bertz CT molecular complexity index is 2380. The SMILES string of the molecule is CC[C@@](C)(c1ccccc1)C(Nc1ccccc1)n1c2ccccc2c2c3c(ccc21)C(c1ccccc1)(c1ccccc1)C1=C3C=CC(C)C1. The molecule has 0 fully saturated rings. The van der Waals surface area contributed by atoms with Crippen molar-refractivity contribution in [2.75, 3.05) is 5.32 Å². The fourth-order valence-electron chi connectivity index (χ4n) is 9.35. The van der Waals surface area contributed by atoms with Crippen LogP contribution in [0.3, 0.4) is 0 Å². The van der Waals surface area contributed by atoms with E-state index >= 15 is 0 Å². The van der Waals surface area contributed by atoms with E-state index in [1.54, 1.807) is 0 Å². The number of aromatic nitrogens is 1. The summed E-state index contributed by atoms with van der Waals surface area (Å²) in [5.74, 6) is 0.456. The van der Waals surface area contributed by atoms with Crippen LogP contribution in [0.2, 0.25) is 0 Å². The monoisotopic (exact) mass is 660 g/mol. The predicted molar refractivity (Wildman–Crippen MR) is 215 cm³/mol. The van der Waals surface area contributed by atoms with Crippen LogP contribution in [-0.2, 0) is 10.8 Å².